The van der Waals surface area contributed by atoms with Gasteiger partial charge in [0.1, 0.15) is 0 Å². The molecule has 6 N–H and O–H groups in total. The number of anilines is 1. The lowest BCUT2D eigenvalue weighted by atomic mass is 10.3. The molecule has 1 aromatic carbocycles. The predicted molar refractivity (Wildman–Crippen MR) is 65.1 cm³/mol. The molecule has 0 radical (unpaired) electrons. The summed E-state index contributed by atoms with van der Waals surface area (Å²) < 4.78 is 0. The molecule has 1 rings (SSSR count). The maximum atomic E-state index is 7.34. The number of rotatable bonds is 1. The Hall–Kier alpha value is -1.46. The fraction of sp³-hybridized carbons (Fsp3) is 0. The van der Waals surface area contributed by atoms with Crippen molar-refractivity contribution in [3.05, 3.63) is 29.3 Å². The highest BCUT2D eigenvalue weighted by molar-refractivity contribution is 6.30. The molecule has 0 saturated heterocycles. The van der Waals surface area contributed by atoms with E-state index in [0.717, 1.165) is 0 Å². The van der Waals surface area contributed by atoms with Gasteiger partial charge in [-0.25, -0.2) is 0 Å². The lowest BCUT2D eigenvalue weighted by molar-refractivity contribution is 1.20. The van der Waals surface area contributed by atoms with Gasteiger partial charge in [0.25, 0.3) is 0 Å². The molecule has 0 fully saturated rings. The molecular formula is C8H11Cl2N5. The number of nitrogens with one attached hydrogen (secondary N) is 4. The van der Waals surface area contributed by atoms with Crippen LogP contribution in [0.25, 0.3) is 0 Å². The second-order valence-corrected chi connectivity index (χ2v) is 2.99. The van der Waals surface area contributed by atoms with Crippen LogP contribution in [0, 0.1) is 10.8 Å². The quantitative estimate of drug-likeness (QED) is 0.385. The molecule has 15 heavy (non-hydrogen) atoms. The standard InChI is InChI=1S/C8H10ClN5.ClH/c9-5-2-1-3-6(4-5)13-8(12)14-7(10)11;/h1-4H,(H6,10,11,12,13,14);1H. The van der Waals surface area contributed by atoms with Crippen molar-refractivity contribution < 1.29 is 0 Å². The molecule has 5 nitrogen and oxygen atoms in total. The highest BCUT2D eigenvalue weighted by atomic mass is 35.5. The van der Waals surface area contributed by atoms with Gasteiger partial charge in [0.2, 0.25) is 0 Å². The number of benzene rings is 1. The first-order valence-corrected chi connectivity index (χ1v) is 4.18. The Balaban J connectivity index is 0.00000196. The Bertz CT molecular complexity index is 366. The van der Waals surface area contributed by atoms with E-state index in [-0.39, 0.29) is 24.3 Å². The second kappa shape index (κ2) is 6.10. The fourth-order valence-electron chi connectivity index (χ4n) is 0.876. The van der Waals surface area contributed by atoms with E-state index in [1.54, 1.807) is 24.3 Å². The zero-order chi connectivity index (χ0) is 10.6. The molecule has 0 atom stereocenters. The first-order chi connectivity index (χ1) is 6.58. The number of halogens is 2. The summed E-state index contributed by atoms with van der Waals surface area (Å²) in [5, 5.41) is 19.8. The van der Waals surface area contributed by atoms with Crippen molar-refractivity contribution in [2.75, 3.05) is 5.32 Å². The van der Waals surface area contributed by atoms with Crippen LogP contribution in [-0.4, -0.2) is 11.9 Å². The van der Waals surface area contributed by atoms with Gasteiger partial charge in [-0.1, -0.05) is 17.7 Å². The summed E-state index contributed by atoms with van der Waals surface area (Å²) in [7, 11) is 0. The molecule has 0 aliphatic heterocycles. The van der Waals surface area contributed by atoms with Crippen molar-refractivity contribution >= 4 is 41.6 Å². The third-order valence-electron chi connectivity index (χ3n) is 1.35. The highest BCUT2D eigenvalue weighted by Gasteiger charge is 1.98. The minimum atomic E-state index is -0.287. The topological polar surface area (TPSA) is 97.8 Å². The molecule has 0 heterocycles. The van der Waals surface area contributed by atoms with Crippen molar-refractivity contribution in [1.29, 1.82) is 10.8 Å². The van der Waals surface area contributed by atoms with E-state index in [4.69, 9.17) is 28.2 Å². The van der Waals surface area contributed by atoms with Crippen LogP contribution in [0.2, 0.25) is 5.02 Å². The monoisotopic (exact) mass is 247 g/mol. The third kappa shape index (κ3) is 5.09. The molecule has 0 unspecified atom stereocenters. The van der Waals surface area contributed by atoms with Crippen molar-refractivity contribution in [3.8, 4) is 0 Å². The average molecular weight is 248 g/mol. The summed E-state index contributed by atoms with van der Waals surface area (Å²) in [6, 6.07) is 6.90. The Morgan fingerprint density at radius 2 is 2.00 bits per heavy atom. The van der Waals surface area contributed by atoms with Crippen molar-refractivity contribution in [3.63, 3.8) is 0 Å². The average Bonchev–Trinajstić information content (AvgIpc) is 2.01. The Morgan fingerprint density at radius 1 is 1.33 bits per heavy atom. The van der Waals surface area contributed by atoms with E-state index in [1.807, 2.05) is 0 Å². The molecule has 0 spiro atoms. The molecule has 82 valence electrons. The maximum absolute atomic E-state index is 7.34. The molecule has 0 bridgehead atoms. The van der Waals surface area contributed by atoms with E-state index >= 15 is 0 Å². The lowest BCUT2D eigenvalue weighted by Gasteiger charge is -2.08. The summed E-state index contributed by atoms with van der Waals surface area (Å²) in [5.74, 6) is -0.357. The van der Waals surface area contributed by atoms with Crippen LogP contribution >= 0.6 is 24.0 Å². The minimum absolute atomic E-state index is 0. The fourth-order valence-corrected chi connectivity index (χ4v) is 1.07. The van der Waals surface area contributed by atoms with E-state index in [1.165, 1.54) is 0 Å². The summed E-state index contributed by atoms with van der Waals surface area (Å²) in [6.07, 6.45) is 0. The van der Waals surface area contributed by atoms with Gasteiger partial charge in [0, 0.05) is 10.7 Å². The van der Waals surface area contributed by atoms with Crippen LogP contribution in [-0.2, 0) is 0 Å². The molecule has 0 aromatic heterocycles. The summed E-state index contributed by atoms with van der Waals surface area (Å²) >= 11 is 5.74. The van der Waals surface area contributed by atoms with Gasteiger partial charge in [0.05, 0.1) is 0 Å². The number of guanidine groups is 2. The van der Waals surface area contributed by atoms with Gasteiger partial charge in [-0.3, -0.25) is 16.1 Å². The molecule has 0 aliphatic carbocycles. The lowest BCUT2D eigenvalue weighted by Crippen LogP contribution is -2.39. The number of hydrogen-bond donors (Lipinski definition) is 5. The minimum Gasteiger partial charge on any atom is -0.370 e. The van der Waals surface area contributed by atoms with E-state index in [0.29, 0.717) is 10.7 Å². The number of nitrogens with two attached hydrogens (primary N) is 1. The van der Waals surface area contributed by atoms with Gasteiger partial charge < -0.3 is 11.1 Å². The first kappa shape index (κ1) is 13.5. The Morgan fingerprint density at radius 3 is 2.53 bits per heavy atom. The maximum Gasteiger partial charge on any atom is 0.199 e. The van der Waals surface area contributed by atoms with E-state index in [2.05, 4.69) is 10.6 Å². The van der Waals surface area contributed by atoms with Gasteiger partial charge in [-0.2, -0.15) is 0 Å². The Kier molecular flexibility index (Phi) is 5.51. The van der Waals surface area contributed by atoms with Crippen LogP contribution in [0.4, 0.5) is 5.69 Å². The molecule has 0 amide bonds. The van der Waals surface area contributed by atoms with Gasteiger partial charge in [-0.05, 0) is 18.2 Å². The van der Waals surface area contributed by atoms with Crippen molar-refractivity contribution in [2.24, 2.45) is 5.73 Å². The SMILES string of the molecule is Cl.N=C(N)NC(=N)Nc1cccc(Cl)c1. The zero-order valence-corrected chi connectivity index (χ0v) is 9.25. The molecular weight excluding hydrogens is 237 g/mol. The van der Waals surface area contributed by atoms with Crippen LogP contribution < -0.4 is 16.4 Å². The predicted octanol–water partition coefficient (Wildman–Crippen LogP) is 1.59. The molecule has 1 aromatic rings. The summed E-state index contributed by atoms with van der Waals surface area (Å²) in [4.78, 5) is 0. The second-order valence-electron chi connectivity index (χ2n) is 2.55. The summed E-state index contributed by atoms with van der Waals surface area (Å²) in [6.45, 7) is 0. The molecule has 7 heteroatoms. The zero-order valence-electron chi connectivity index (χ0n) is 7.67. The van der Waals surface area contributed by atoms with Gasteiger partial charge >= 0.3 is 0 Å². The summed E-state index contributed by atoms with van der Waals surface area (Å²) in [5.41, 5.74) is 5.71. The van der Waals surface area contributed by atoms with Gasteiger partial charge in [-0.15, -0.1) is 12.4 Å². The van der Waals surface area contributed by atoms with Crippen LogP contribution in [0.15, 0.2) is 24.3 Å². The Labute approximate surface area is 98.4 Å². The van der Waals surface area contributed by atoms with E-state index < -0.39 is 0 Å². The number of hydrogen-bond acceptors (Lipinski definition) is 2. The van der Waals surface area contributed by atoms with Crippen LogP contribution in [0.3, 0.4) is 0 Å². The van der Waals surface area contributed by atoms with E-state index in [9.17, 15) is 0 Å². The largest absolute Gasteiger partial charge is 0.370 e. The molecule has 0 aliphatic rings. The van der Waals surface area contributed by atoms with Crippen LogP contribution in [0.5, 0.6) is 0 Å². The third-order valence-corrected chi connectivity index (χ3v) is 1.59. The van der Waals surface area contributed by atoms with Crippen molar-refractivity contribution in [1.82, 2.24) is 5.32 Å². The van der Waals surface area contributed by atoms with Crippen molar-refractivity contribution in [2.45, 2.75) is 0 Å². The first-order valence-electron chi connectivity index (χ1n) is 3.80. The normalized spacial score (nSPS) is 8.60. The molecule has 0 saturated carbocycles. The smallest absolute Gasteiger partial charge is 0.199 e. The van der Waals surface area contributed by atoms with Crippen LogP contribution in [0.1, 0.15) is 0 Å². The van der Waals surface area contributed by atoms with Gasteiger partial charge in [0.15, 0.2) is 11.9 Å². The highest BCUT2D eigenvalue weighted by Crippen LogP contribution is 2.14.